The van der Waals surface area contributed by atoms with Crippen LogP contribution in [-0.4, -0.2) is 84.1 Å². The Hall–Kier alpha value is -3.79. The van der Waals surface area contributed by atoms with Crippen LogP contribution < -0.4 is 15.5 Å². The zero-order valence-electron chi connectivity index (χ0n) is 21.3. The maximum absolute atomic E-state index is 12.6. The number of nitrogens with zero attached hydrogens (tertiary/aromatic N) is 5. The van der Waals surface area contributed by atoms with Crippen molar-refractivity contribution in [2.24, 2.45) is 0 Å². The second-order valence-electron chi connectivity index (χ2n) is 9.79. The van der Waals surface area contributed by atoms with Gasteiger partial charge in [0.1, 0.15) is 30.0 Å². The molecule has 1 atom stereocenters. The molecule has 1 aliphatic carbocycles. The number of ether oxygens (including phenoxy) is 2. The molecule has 1 spiro atoms. The van der Waals surface area contributed by atoms with Crippen LogP contribution in [0.3, 0.4) is 0 Å². The van der Waals surface area contributed by atoms with Crippen molar-refractivity contribution >= 4 is 29.5 Å². The number of carbonyl (C=O) groups is 2. The summed E-state index contributed by atoms with van der Waals surface area (Å²) in [6, 6.07) is 5.68. The number of aryl methyl sites for hydroxylation is 1. The van der Waals surface area contributed by atoms with Crippen LogP contribution >= 0.6 is 0 Å². The van der Waals surface area contributed by atoms with Crippen LogP contribution in [0.5, 0.6) is 0 Å². The number of aliphatic hydroxyl groups excluding tert-OH is 1. The lowest BCUT2D eigenvalue weighted by Crippen LogP contribution is -2.51. The smallest absolute Gasteiger partial charge is 0.249 e. The largest absolute Gasteiger partial charge is 0.383 e. The SMILES string of the molecule is COCCNc1cc(NC(O)N2CCCc3cc(CN4C(=O)COCC45CC5)c(C=O)nc32)ncc1C#N. The van der Waals surface area contributed by atoms with Crippen molar-refractivity contribution in [3.05, 3.63) is 40.7 Å². The second-order valence-corrected chi connectivity index (χ2v) is 9.79. The van der Waals surface area contributed by atoms with Crippen LogP contribution in [0.15, 0.2) is 18.3 Å². The second kappa shape index (κ2) is 10.9. The highest BCUT2D eigenvalue weighted by Gasteiger charge is 2.52. The Bertz CT molecular complexity index is 1260. The first-order valence-electron chi connectivity index (χ1n) is 12.7. The minimum absolute atomic E-state index is 0.0508. The topological polar surface area (TPSA) is 153 Å². The van der Waals surface area contributed by atoms with E-state index in [1.165, 1.54) is 6.20 Å². The van der Waals surface area contributed by atoms with E-state index in [0.29, 0.717) is 67.6 Å². The first kappa shape index (κ1) is 25.8. The van der Waals surface area contributed by atoms with Crippen molar-refractivity contribution in [2.75, 3.05) is 55.6 Å². The Morgan fingerprint density at radius 1 is 1.39 bits per heavy atom. The Kier molecular flexibility index (Phi) is 7.42. The van der Waals surface area contributed by atoms with E-state index in [4.69, 9.17) is 9.47 Å². The first-order valence-corrected chi connectivity index (χ1v) is 12.7. The van der Waals surface area contributed by atoms with E-state index >= 15 is 0 Å². The third kappa shape index (κ3) is 5.13. The summed E-state index contributed by atoms with van der Waals surface area (Å²) in [6.45, 7) is 2.38. The normalized spacial score (nSPS) is 18.5. The molecule has 4 heterocycles. The molecule has 0 radical (unpaired) electrons. The van der Waals surface area contributed by atoms with Gasteiger partial charge in [0.25, 0.3) is 0 Å². The molecule has 12 heteroatoms. The average Bonchev–Trinajstić information content (AvgIpc) is 3.70. The molecule has 2 aromatic rings. The van der Waals surface area contributed by atoms with Gasteiger partial charge < -0.3 is 35.0 Å². The lowest BCUT2D eigenvalue weighted by Gasteiger charge is -2.37. The predicted octanol–water partition coefficient (Wildman–Crippen LogP) is 1.25. The summed E-state index contributed by atoms with van der Waals surface area (Å²) in [7, 11) is 1.60. The zero-order valence-corrected chi connectivity index (χ0v) is 21.3. The molecule has 0 aromatic carbocycles. The van der Waals surface area contributed by atoms with Gasteiger partial charge in [-0.3, -0.25) is 9.59 Å². The highest BCUT2D eigenvalue weighted by molar-refractivity contribution is 5.81. The highest BCUT2D eigenvalue weighted by atomic mass is 16.5. The molecule has 1 amide bonds. The molecule has 5 rings (SSSR count). The van der Waals surface area contributed by atoms with E-state index in [-0.39, 0.29) is 23.7 Å². The Balaban J connectivity index is 1.36. The number of carbonyl (C=O) groups excluding carboxylic acids is 2. The van der Waals surface area contributed by atoms with Crippen LogP contribution in [0.4, 0.5) is 17.3 Å². The zero-order chi connectivity index (χ0) is 26.7. The molecule has 200 valence electrons. The number of fused-ring (bicyclic) bond motifs is 1. The molecular formula is C26H31N7O5. The average molecular weight is 522 g/mol. The minimum atomic E-state index is -1.17. The van der Waals surface area contributed by atoms with Crippen molar-refractivity contribution in [3.63, 3.8) is 0 Å². The fraction of sp³-hybridized carbons (Fsp3) is 0.500. The molecular weight excluding hydrogens is 490 g/mol. The number of rotatable bonds is 10. The molecule has 2 aliphatic heterocycles. The summed E-state index contributed by atoms with van der Waals surface area (Å²) in [5.41, 5.74) is 2.54. The van der Waals surface area contributed by atoms with Crippen molar-refractivity contribution in [1.29, 1.82) is 5.26 Å². The highest BCUT2D eigenvalue weighted by Crippen LogP contribution is 2.45. The van der Waals surface area contributed by atoms with E-state index in [1.807, 2.05) is 11.0 Å². The van der Waals surface area contributed by atoms with Crippen molar-refractivity contribution in [2.45, 2.75) is 44.1 Å². The lowest BCUT2D eigenvalue weighted by molar-refractivity contribution is -0.151. The molecule has 3 N–H and O–H groups in total. The quantitative estimate of drug-likeness (QED) is 0.235. The van der Waals surface area contributed by atoms with Crippen molar-refractivity contribution in [3.8, 4) is 6.07 Å². The molecule has 1 saturated carbocycles. The number of pyridine rings is 2. The summed E-state index contributed by atoms with van der Waals surface area (Å²) in [6.07, 6.45) is 4.27. The molecule has 1 unspecified atom stereocenters. The fourth-order valence-electron chi connectivity index (χ4n) is 5.05. The van der Waals surface area contributed by atoms with Crippen LogP contribution in [0.2, 0.25) is 0 Å². The van der Waals surface area contributed by atoms with E-state index in [1.54, 1.807) is 18.1 Å². The van der Waals surface area contributed by atoms with E-state index in [0.717, 1.165) is 31.2 Å². The number of nitrogens with one attached hydrogen (secondary N) is 2. The number of aliphatic hydroxyl groups is 1. The van der Waals surface area contributed by atoms with Gasteiger partial charge in [-0.25, -0.2) is 9.97 Å². The molecule has 2 fully saturated rings. The van der Waals surface area contributed by atoms with E-state index in [9.17, 15) is 20.0 Å². The lowest BCUT2D eigenvalue weighted by atomic mass is 10.0. The number of hydrogen-bond acceptors (Lipinski definition) is 11. The van der Waals surface area contributed by atoms with Crippen LogP contribution in [0, 0.1) is 11.3 Å². The standard InChI is InChI=1S/C26H31N7O5/c1-37-8-6-28-20-10-22(29-12-19(20)11-27)31-25(36)32-7-2-3-17-9-18(21(14-34)30-24(17)32)13-33-23(35)15-38-16-26(33)4-5-26/h9-10,12,14,25,36H,2-8,13,15-16H2,1H3,(H2,28,29,31). The van der Waals surface area contributed by atoms with Gasteiger partial charge in [-0.1, -0.05) is 0 Å². The minimum Gasteiger partial charge on any atom is -0.383 e. The Labute approximate surface area is 220 Å². The number of aldehydes is 1. The molecule has 1 saturated heterocycles. The molecule has 3 aliphatic rings. The fourth-order valence-corrected chi connectivity index (χ4v) is 5.05. The number of anilines is 3. The van der Waals surface area contributed by atoms with Crippen LogP contribution in [-0.2, 0) is 27.2 Å². The van der Waals surface area contributed by atoms with Gasteiger partial charge in [0, 0.05) is 44.6 Å². The number of hydrogen-bond donors (Lipinski definition) is 3. The van der Waals surface area contributed by atoms with E-state index in [2.05, 4.69) is 26.7 Å². The van der Waals surface area contributed by atoms with Gasteiger partial charge in [-0.05, 0) is 37.3 Å². The van der Waals surface area contributed by atoms with Crippen LogP contribution in [0.25, 0.3) is 0 Å². The number of morpholine rings is 1. The number of aromatic nitrogens is 2. The van der Waals surface area contributed by atoms with Gasteiger partial charge >= 0.3 is 0 Å². The number of amides is 1. The molecule has 38 heavy (non-hydrogen) atoms. The molecule has 12 nitrogen and oxygen atoms in total. The predicted molar refractivity (Wildman–Crippen MR) is 138 cm³/mol. The molecule has 0 bridgehead atoms. The van der Waals surface area contributed by atoms with Gasteiger partial charge in [0.15, 0.2) is 6.29 Å². The number of methoxy groups -OCH3 is 1. The van der Waals surface area contributed by atoms with Gasteiger partial charge in [0.05, 0.1) is 30.0 Å². The Morgan fingerprint density at radius 3 is 2.97 bits per heavy atom. The summed E-state index contributed by atoms with van der Waals surface area (Å²) >= 11 is 0. The molecule has 2 aromatic heterocycles. The first-order chi connectivity index (χ1) is 18.5. The van der Waals surface area contributed by atoms with Gasteiger partial charge in [-0.15, -0.1) is 0 Å². The van der Waals surface area contributed by atoms with Gasteiger partial charge in [0.2, 0.25) is 12.3 Å². The monoisotopic (exact) mass is 521 g/mol. The number of nitriles is 1. The summed E-state index contributed by atoms with van der Waals surface area (Å²) in [4.78, 5) is 37.1. The third-order valence-corrected chi connectivity index (χ3v) is 7.26. The van der Waals surface area contributed by atoms with Crippen molar-refractivity contribution in [1.82, 2.24) is 14.9 Å². The van der Waals surface area contributed by atoms with Crippen molar-refractivity contribution < 1.29 is 24.2 Å². The van der Waals surface area contributed by atoms with Crippen LogP contribution in [0.1, 0.15) is 46.4 Å². The summed E-state index contributed by atoms with van der Waals surface area (Å²) in [5.74, 6) is 0.815. The summed E-state index contributed by atoms with van der Waals surface area (Å²) in [5, 5.41) is 26.6. The van der Waals surface area contributed by atoms with E-state index < -0.39 is 6.35 Å². The third-order valence-electron chi connectivity index (χ3n) is 7.26. The maximum Gasteiger partial charge on any atom is 0.249 e. The Morgan fingerprint density at radius 2 is 2.24 bits per heavy atom. The van der Waals surface area contributed by atoms with Gasteiger partial charge in [-0.2, -0.15) is 5.26 Å². The summed E-state index contributed by atoms with van der Waals surface area (Å²) < 4.78 is 10.5. The maximum atomic E-state index is 12.6.